The van der Waals surface area contributed by atoms with Gasteiger partial charge in [-0.3, -0.25) is 72.1 Å². The molecule has 1 aromatic heterocycles. The summed E-state index contributed by atoms with van der Waals surface area (Å²) in [5.41, 5.74) is 24.0. The van der Waals surface area contributed by atoms with E-state index in [1.807, 2.05) is 0 Å². The lowest BCUT2D eigenvalue weighted by Crippen LogP contribution is -2.61. The molecule has 22 N–H and O–H groups in total. The Morgan fingerprint density at radius 2 is 1.27 bits per heavy atom. The van der Waals surface area contributed by atoms with Crippen molar-refractivity contribution in [3.63, 3.8) is 0 Å². The summed E-state index contributed by atoms with van der Waals surface area (Å²) in [5.74, 6) is -17.7. The number of phenols is 1. The number of guanidine groups is 1. The fourth-order valence-corrected chi connectivity index (χ4v) is 14.3. The van der Waals surface area contributed by atoms with Crippen LogP contribution in [-0.2, 0) is 86.4 Å². The smallest absolute Gasteiger partial charge is 0.303 e. The lowest BCUT2D eigenvalue weighted by atomic mass is 9.99. The Bertz CT molecular complexity index is 3860. The predicted octanol–water partition coefficient (Wildman–Crippen LogP) is -0.997. The maximum absolute atomic E-state index is 15.9. The van der Waals surface area contributed by atoms with E-state index in [4.69, 9.17) is 34.5 Å². The number of hydrogen-bond acceptors (Lipinski definition) is 19. The molecule has 107 heavy (non-hydrogen) atoms. The van der Waals surface area contributed by atoms with Gasteiger partial charge in [-0.15, -0.1) is 0 Å². The molecule has 1 saturated heterocycles. The maximum Gasteiger partial charge on any atom is 0.303 e. The average molecular weight is 1550 g/mol. The first kappa shape index (κ1) is 85.7. The van der Waals surface area contributed by atoms with Gasteiger partial charge < -0.3 is 101 Å². The first-order chi connectivity index (χ1) is 50.9. The van der Waals surface area contributed by atoms with Gasteiger partial charge in [0, 0.05) is 99.2 Å². The number of amides is 12. The Morgan fingerprint density at radius 3 is 1.90 bits per heavy atom. The Hall–Kier alpha value is -10.3. The van der Waals surface area contributed by atoms with Gasteiger partial charge in [0.15, 0.2) is 5.96 Å². The number of fused-ring (bicyclic) bond motifs is 1. The van der Waals surface area contributed by atoms with Crippen molar-refractivity contribution in [3.05, 3.63) is 100 Å². The summed E-state index contributed by atoms with van der Waals surface area (Å²) in [6, 6.07) is 1.09. The van der Waals surface area contributed by atoms with Gasteiger partial charge in [0.2, 0.25) is 70.9 Å². The van der Waals surface area contributed by atoms with E-state index in [1.165, 1.54) is 67.4 Å². The molecule has 34 nitrogen and oxygen atoms in total. The molecule has 2 aliphatic rings. The van der Waals surface area contributed by atoms with E-state index < -0.39 is 212 Å². The largest absolute Gasteiger partial charge is 0.508 e. The second-order valence-electron chi connectivity index (χ2n) is 26.0. The normalized spacial score (nSPS) is 21.3. The molecule has 0 unspecified atom stereocenters. The molecule has 12 amide bonds. The van der Waals surface area contributed by atoms with Crippen LogP contribution in [0.1, 0.15) is 108 Å². The number of carboxylic acids is 2. The summed E-state index contributed by atoms with van der Waals surface area (Å²) in [7, 11) is 1.63. The Morgan fingerprint density at radius 1 is 0.682 bits per heavy atom. The van der Waals surface area contributed by atoms with Crippen molar-refractivity contribution < 1.29 is 86.8 Å². The molecule has 2 heterocycles. The number of H-pyrrole nitrogens is 1. The SMILES string of the molecule is CC(C)[C@@H]1NC(=O)[C@@H](NC(=O)[C@H](Cc2ccc(O)cc2)NC(=O)CN(C(=O)CCN)C2CCCC2)CSSC[C@H](C(N)=O)NC(=O)[C@H](CCC(=O)O)NC(=O)[C@H](Cc2c[nH]c3ccccc23)NC(=O)[C@H](CCC(=O)O)NC(=O)CCNC(=O)[C@H](CCCN=C(N)N)NC(=O)[C@H](Cc2cccc(Cl)c2F)NC1=O. The maximum atomic E-state index is 15.9. The van der Waals surface area contributed by atoms with Gasteiger partial charge in [-0.2, -0.15) is 0 Å². The van der Waals surface area contributed by atoms with E-state index in [-0.39, 0.29) is 73.5 Å². The summed E-state index contributed by atoms with van der Waals surface area (Å²) >= 11 is 6.19. The molecule has 38 heteroatoms. The van der Waals surface area contributed by atoms with E-state index in [0.29, 0.717) is 34.9 Å². The Balaban J connectivity index is 1.42. The van der Waals surface area contributed by atoms with Crippen molar-refractivity contribution in [3.8, 4) is 5.75 Å². The van der Waals surface area contributed by atoms with Gasteiger partial charge >= 0.3 is 11.9 Å². The summed E-state index contributed by atoms with van der Waals surface area (Å²) in [6.07, 6.45) is -0.375. The van der Waals surface area contributed by atoms with Crippen molar-refractivity contribution in [1.29, 1.82) is 0 Å². The quantitative estimate of drug-likeness (QED) is 0.0155. The first-order valence-electron chi connectivity index (χ1n) is 34.7. The van der Waals surface area contributed by atoms with Crippen LogP contribution < -0.4 is 76.1 Å². The van der Waals surface area contributed by atoms with Crippen LogP contribution in [0.25, 0.3) is 10.9 Å². The number of aromatic hydroxyl groups is 1. The highest BCUT2D eigenvalue weighted by molar-refractivity contribution is 8.76. The van der Waals surface area contributed by atoms with Gasteiger partial charge in [0.1, 0.15) is 65.9 Å². The number of aromatic nitrogens is 1. The fourth-order valence-electron chi connectivity index (χ4n) is 11.8. The minimum atomic E-state index is -1.79. The number of nitrogens with zero attached hydrogens (tertiary/aromatic N) is 2. The lowest BCUT2D eigenvalue weighted by molar-refractivity contribution is -0.139. The molecule has 0 bridgehead atoms. The molecule has 0 radical (unpaired) electrons. The van der Waals surface area contributed by atoms with Crippen molar-refractivity contribution in [1.82, 2.24) is 63.1 Å². The number of halogens is 2. The minimum absolute atomic E-state index is 0.00622. The van der Waals surface area contributed by atoms with Crippen LogP contribution in [0.4, 0.5) is 4.39 Å². The molecule has 3 aromatic carbocycles. The van der Waals surface area contributed by atoms with E-state index in [1.54, 1.807) is 24.3 Å². The van der Waals surface area contributed by atoms with Gasteiger partial charge in [0.25, 0.3) is 0 Å². The predicted molar refractivity (Wildman–Crippen MR) is 394 cm³/mol. The number of hydrogen-bond donors (Lipinski definition) is 18. The molecule has 2 fully saturated rings. The number of para-hydroxylation sites is 1. The van der Waals surface area contributed by atoms with Crippen LogP contribution in [0.5, 0.6) is 5.75 Å². The number of aromatic amines is 1. The van der Waals surface area contributed by atoms with Crippen molar-refractivity contribution in [2.45, 2.75) is 171 Å². The molecular weight excluding hydrogens is 1460 g/mol. The van der Waals surface area contributed by atoms with E-state index in [0.717, 1.165) is 34.4 Å². The fraction of sp³-hybridized carbons (Fsp3) is 0.493. The van der Waals surface area contributed by atoms with Crippen LogP contribution in [0.15, 0.2) is 77.9 Å². The summed E-state index contributed by atoms with van der Waals surface area (Å²) < 4.78 is 15.9. The number of carbonyl (C=O) groups is 14. The first-order valence-corrected chi connectivity index (χ1v) is 37.5. The standard InChI is InChI=1S/C69H93ClFN17O17S2/c1-36(2)59-68(105)84-49(30-38-9-7-13-43(70)58(38)71)65(102)81-45(15-8-27-77-69(74)75)61(98)76-28-25-53(90)79-46(20-22-56(93)94)62(99)83-50(31-39-32-78-44-14-6-5-12-42(39)44)66(103)82-47(21-23-57(95)96)63(100)85-51(60(73)97)34-106-107-35-52(67(104)87-59)86-64(101)48(29-37-16-18-41(89)19-17-37)80-54(91)33-88(55(92)24-26-72)40-10-3-4-11-40/h5-7,9,12-14,16-19,32,36,40,45-52,59,78,89H,3-4,8,10-11,15,20-31,33-35,72H2,1-2H3,(H2,73,97)(H,76,98)(H,79,90)(H,80,91)(H,81,102)(H,82,103)(H,83,99)(H,84,105)(H,85,100)(H,86,101)(H,87,104)(H,93,94)(H,95,96)(H4,74,75,77)/t45-,46-,47-,48-,49-,50-,51+,52-,59-/m0/s1. The third kappa shape index (κ3) is 27.9. The van der Waals surface area contributed by atoms with Crippen LogP contribution in [0.2, 0.25) is 5.02 Å². The molecule has 582 valence electrons. The van der Waals surface area contributed by atoms with E-state index in [9.17, 15) is 77.6 Å². The third-order valence-corrected chi connectivity index (χ3v) is 20.2. The number of nitrogens with two attached hydrogens (primary N) is 4. The van der Waals surface area contributed by atoms with E-state index >= 15 is 9.18 Å². The van der Waals surface area contributed by atoms with Gasteiger partial charge in [-0.05, 0) is 85.4 Å². The lowest BCUT2D eigenvalue weighted by Gasteiger charge is -2.30. The molecule has 1 aliphatic heterocycles. The number of carboxylic acid groups (broad SMARTS) is 2. The average Bonchev–Trinajstić information content (AvgIpc) is 1.75. The molecule has 1 saturated carbocycles. The highest BCUT2D eigenvalue weighted by Gasteiger charge is 2.38. The zero-order valence-corrected chi connectivity index (χ0v) is 61.4. The second-order valence-corrected chi connectivity index (χ2v) is 29.0. The van der Waals surface area contributed by atoms with Crippen LogP contribution in [0.3, 0.4) is 0 Å². The van der Waals surface area contributed by atoms with Crippen molar-refractivity contribution in [2.24, 2.45) is 33.8 Å². The number of aliphatic imine (C=N–C) groups is 1. The Labute approximate surface area is 628 Å². The number of aliphatic carboxylic acids is 2. The number of nitrogens with one attached hydrogen (secondary N) is 11. The summed E-state index contributed by atoms with van der Waals surface area (Å²) in [6.45, 7) is 1.96. The van der Waals surface area contributed by atoms with E-state index in [2.05, 4.69) is 63.1 Å². The topological polar surface area (TPSA) is 555 Å². The monoisotopic (exact) mass is 1550 g/mol. The van der Waals surface area contributed by atoms with Crippen LogP contribution in [0, 0.1) is 11.7 Å². The highest BCUT2D eigenvalue weighted by atomic mass is 35.5. The van der Waals surface area contributed by atoms with Crippen LogP contribution in [-0.4, -0.2) is 212 Å². The number of primary amides is 1. The summed E-state index contributed by atoms with van der Waals surface area (Å²) in [4.78, 5) is 205. The molecule has 4 aromatic rings. The molecular formula is C69H93ClFN17O17S2. The molecule has 1 aliphatic carbocycles. The van der Waals surface area contributed by atoms with Crippen molar-refractivity contribution in [2.75, 3.05) is 37.7 Å². The second kappa shape index (κ2) is 42.8. The molecule has 6 rings (SSSR count). The zero-order chi connectivity index (χ0) is 78.4. The Kier molecular flexibility index (Phi) is 34.2. The number of carbonyl (C=O) groups excluding carboxylic acids is 12. The third-order valence-electron chi connectivity index (χ3n) is 17.5. The molecule has 9 atom stereocenters. The van der Waals surface area contributed by atoms with Crippen molar-refractivity contribution >= 4 is 133 Å². The minimum Gasteiger partial charge on any atom is -0.508 e. The summed E-state index contributed by atoms with van der Waals surface area (Å²) in [5, 5.41) is 55.5. The van der Waals surface area contributed by atoms with Gasteiger partial charge in [-0.25, -0.2) is 4.39 Å². The zero-order valence-electron chi connectivity index (χ0n) is 59.0. The molecule has 0 spiro atoms. The van der Waals surface area contributed by atoms with Crippen LogP contribution >= 0.6 is 33.2 Å². The number of rotatable bonds is 26. The number of phenolic OH excluding ortho intramolecular Hbond substituents is 1. The van der Waals surface area contributed by atoms with Gasteiger partial charge in [0.05, 0.1) is 11.6 Å². The number of benzene rings is 3. The highest BCUT2D eigenvalue weighted by Crippen LogP contribution is 2.27. The van der Waals surface area contributed by atoms with Gasteiger partial charge in [-0.1, -0.05) is 102 Å².